The molecule has 24 heavy (non-hydrogen) atoms. The van der Waals surface area contributed by atoms with Gasteiger partial charge in [-0.1, -0.05) is 25.7 Å². The SMILES string of the molecule is COC(=O)C(C)(C)c1ccc(O)c(COCOCC[Si](C)(C)C)c1. The lowest BCUT2D eigenvalue weighted by Gasteiger charge is -2.23. The second-order valence-electron chi connectivity index (χ2n) is 7.65. The molecule has 0 aliphatic carbocycles. The van der Waals surface area contributed by atoms with Crippen LogP contribution in [0.15, 0.2) is 18.2 Å². The number of benzene rings is 1. The van der Waals surface area contributed by atoms with Crippen molar-refractivity contribution in [2.45, 2.75) is 51.6 Å². The van der Waals surface area contributed by atoms with E-state index in [0.717, 1.165) is 11.6 Å². The predicted octanol–water partition coefficient (Wildman–Crippen LogP) is 3.67. The van der Waals surface area contributed by atoms with Gasteiger partial charge >= 0.3 is 5.97 Å². The standard InChI is InChI=1S/C18H30O5Si/c1-18(2,17(20)21-3)15-7-8-16(19)14(11-15)12-23-13-22-9-10-24(4,5)6/h7-8,11,19H,9-10,12-13H2,1-6H3. The van der Waals surface area contributed by atoms with Gasteiger partial charge in [0.2, 0.25) is 0 Å². The summed E-state index contributed by atoms with van der Waals surface area (Å²) in [4.78, 5) is 11.9. The topological polar surface area (TPSA) is 65.0 Å². The number of aromatic hydroxyl groups is 1. The number of ether oxygens (including phenoxy) is 3. The van der Waals surface area contributed by atoms with Crippen LogP contribution < -0.4 is 0 Å². The van der Waals surface area contributed by atoms with Crippen LogP contribution in [0.1, 0.15) is 25.0 Å². The van der Waals surface area contributed by atoms with Crippen molar-refractivity contribution >= 4 is 14.0 Å². The zero-order chi connectivity index (χ0) is 18.4. The molecule has 0 radical (unpaired) electrons. The molecule has 1 aromatic rings. The average Bonchev–Trinajstić information content (AvgIpc) is 2.50. The molecule has 6 heteroatoms. The lowest BCUT2D eigenvalue weighted by atomic mass is 9.84. The van der Waals surface area contributed by atoms with E-state index in [1.807, 2.05) is 0 Å². The Morgan fingerprint density at radius 1 is 1.21 bits per heavy atom. The largest absolute Gasteiger partial charge is 0.508 e. The Labute approximate surface area is 145 Å². The third-order valence-corrected chi connectivity index (χ3v) is 5.62. The van der Waals surface area contributed by atoms with Gasteiger partial charge in [-0.25, -0.2) is 0 Å². The van der Waals surface area contributed by atoms with Gasteiger partial charge in [-0.05, 0) is 37.6 Å². The molecule has 1 rings (SSSR count). The van der Waals surface area contributed by atoms with Crippen molar-refractivity contribution in [1.29, 1.82) is 0 Å². The molecule has 0 amide bonds. The van der Waals surface area contributed by atoms with Crippen molar-refractivity contribution in [2.24, 2.45) is 0 Å². The molecule has 0 heterocycles. The first-order valence-corrected chi connectivity index (χ1v) is 11.8. The summed E-state index contributed by atoms with van der Waals surface area (Å²) in [5.41, 5.74) is 0.606. The number of methoxy groups -OCH3 is 1. The highest BCUT2D eigenvalue weighted by molar-refractivity contribution is 6.76. The number of esters is 1. The highest BCUT2D eigenvalue weighted by Crippen LogP contribution is 2.29. The van der Waals surface area contributed by atoms with Crippen molar-refractivity contribution in [3.8, 4) is 5.75 Å². The van der Waals surface area contributed by atoms with Crippen LogP contribution in [-0.2, 0) is 31.0 Å². The Balaban J connectivity index is 2.60. The number of hydrogen-bond donors (Lipinski definition) is 1. The highest BCUT2D eigenvalue weighted by atomic mass is 28.3. The van der Waals surface area contributed by atoms with Crippen molar-refractivity contribution in [1.82, 2.24) is 0 Å². The number of phenols is 1. The van der Waals surface area contributed by atoms with Crippen LogP contribution in [-0.4, -0.2) is 39.7 Å². The van der Waals surface area contributed by atoms with Crippen LogP contribution in [0, 0.1) is 0 Å². The van der Waals surface area contributed by atoms with E-state index in [2.05, 4.69) is 19.6 Å². The molecule has 0 atom stereocenters. The van der Waals surface area contributed by atoms with Crippen molar-refractivity contribution < 1.29 is 24.1 Å². The monoisotopic (exact) mass is 354 g/mol. The van der Waals surface area contributed by atoms with Crippen LogP contribution in [0.4, 0.5) is 0 Å². The number of rotatable bonds is 9. The zero-order valence-electron chi connectivity index (χ0n) is 15.6. The van der Waals surface area contributed by atoms with Gasteiger partial charge in [0.25, 0.3) is 0 Å². The molecule has 5 nitrogen and oxygen atoms in total. The molecular formula is C18H30O5Si. The lowest BCUT2D eigenvalue weighted by Crippen LogP contribution is -2.30. The second kappa shape index (κ2) is 8.64. The first kappa shape index (κ1) is 20.7. The summed E-state index contributed by atoms with van der Waals surface area (Å²) in [5.74, 6) is -0.184. The molecule has 0 saturated carbocycles. The summed E-state index contributed by atoms with van der Waals surface area (Å²) in [7, 11) is 0.270. The number of hydrogen-bond acceptors (Lipinski definition) is 5. The van der Waals surface area contributed by atoms with Gasteiger partial charge in [-0.2, -0.15) is 0 Å². The quantitative estimate of drug-likeness (QED) is 0.317. The summed E-state index contributed by atoms with van der Waals surface area (Å²) in [6, 6.07) is 6.16. The minimum atomic E-state index is -1.10. The molecule has 1 N–H and O–H groups in total. The maximum absolute atomic E-state index is 11.9. The highest BCUT2D eigenvalue weighted by Gasteiger charge is 2.31. The van der Waals surface area contributed by atoms with Gasteiger partial charge in [-0.15, -0.1) is 0 Å². The average molecular weight is 355 g/mol. The zero-order valence-corrected chi connectivity index (χ0v) is 16.6. The maximum atomic E-state index is 11.9. The van der Waals surface area contributed by atoms with Gasteiger partial charge in [-0.3, -0.25) is 4.79 Å². The van der Waals surface area contributed by atoms with E-state index in [9.17, 15) is 9.90 Å². The molecule has 0 saturated heterocycles. The fourth-order valence-electron chi connectivity index (χ4n) is 2.11. The summed E-state index contributed by atoms with van der Waals surface area (Å²) < 4.78 is 15.8. The Morgan fingerprint density at radius 2 is 1.88 bits per heavy atom. The molecule has 0 aliphatic heterocycles. The molecule has 0 fully saturated rings. The van der Waals surface area contributed by atoms with E-state index < -0.39 is 13.5 Å². The Kier molecular flexibility index (Phi) is 7.44. The van der Waals surface area contributed by atoms with E-state index in [1.165, 1.54) is 7.11 Å². The third-order valence-electron chi connectivity index (χ3n) is 3.92. The fraction of sp³-hybridized carbons (Fsp3) is 0.611. The van der Waals surface area contributed by atoms with Gasteiger partial charge in [0.1, 0.15) is 12.5 Å². The summed E-state index contributed by atoms with van der Waals surface area (Å²) in [6.45, 7) is 11.6. The van der Waals surface area contributed by atoms with Crippen LogP contribution in [0.3, 0.4) is 0 Å². The van der Waals surface area contributed by atoms with Crippen molar-refractivity contribution in [2.75, 3.05) is 20.5 Å². The number of phenolic OH excluding ortho intramolecular Hbond substituents is 1. The van der Waals surface area contributed by atoms with Gasteiger partial charge < -0.3 is 19.3 Å². The Bertz CT molecular complexity index is 549. The van der Waals surface area contributed by atoms with E-state index >= 15 is 0 Å². The smallest absolute Gasteiger partial charge is 0.315 e. The lowest BCUT2D eigenvalue weighted by molar-refractivity contribution is -0.146. The molecule has 1 aromatic carbocycles. The number of carbonyl (C=O) groups is 1. The van der Waals surface area contributed by atoms with Crippen LogP contribution in [0.25, 0.3) is 0 Å². The van der Waals surface area contributed by atoms with Gasteiger partial charge in [0.15, 0.2) is 0 Å². The molecule has 0 bridgehead atoms. The molecule has 0 unspecified atom stereocenters. The number of carbonyl (C=O) groups excluding carboxylic acids is 1. The van der Waals surface area contributed by atoms with Crippen LogP contribution in [0.2, 0.25) is 25.7 Å². The Hall–Kier alpha value is -1.37. The van der Waals surface area contributed by atoms with Crippen LogP contribution >= 0.6 is 0 Å². The van der Waals surface area contributed by atoms with E-state index in [0.29, 0.717) is 12.2 Å². The van der Waals surface area contributed by atoms with E-state index in [1.54, 1.807) is 32.0 Å². The van der Waals surface area contributed by atoms with Crippen LogP contribution in [0.5, 0.6) is 5.75 Å². The summed E-state index contributed by atoms with van der Waals surface area (Å²) in [6.07, 6.45) is 0. The molecule has 136 valence electrons. The molecule has 0 spiro atoms. The minimum absolute atomic E-state index is 0.140. The van der Waals surface area contributed by atoms with E-state index in [-0.39, 0.29) is 25.1 Å². The molecule has 0 aliphatic rings. The first-order chi connectivity index (χ1) is 11.1. The normalized spacial score (nSPS) is 12.2. The second-order valence-corrected chi connectivity index (χ2v) is 13.3. The Morgan fingerprint density at radius 3 is 2.46 bits per heavy atom. The fourth-order valence-corrected chi connectivity index (χ4v) is 2.87. The third kappa shape index (κ3) is 6.26. The molecule has 0 aromatic heterocycles. The predicted molar refractivity (Wildman–Crippen MR) is 96.9 cm³/mol. The van der Waals surface area contributed by atoms with Gasteiger partial charge in [0.05, 0.1) is 19.1 Å². The van der Waals surface area contributed by atoms with Crippen molar-refractivity contribution in [3.05, 3.63) is 29.3 Å². The van der Waals surface area contributed by atoms with E-state index in [4.69, 9.17) is 14.2 Å². The first-order valence-electron chi connectivity index (χ1n) is 8.14. The maximum Gasteiger partial charge on any atom is 0.315 e. The summed E-state index contributed by atoms with van der Waals surface area (Å²) >= 11 is 0. The minimum Gasteiger partial charge on any atom is -0.508 e. The summed E-state index contributed by atoms with van der Waals surface area (Å²) in [5, 5.41) is 9.97. The molecular weight excluding hydrogens is 324 g/mol. The van der Waals surface area contributed by atoms with Gasteiger partial charge in [0, 0.05) is 20.2 Å². The van der Waals surface area contributed by atoms with Crippen molar-refractivity contribution in [3.63, 3.8) is 0 Å².